The fourth-order valence-corrected chi connectivity index (χ4v) is 2.43. The molecule has 0 bridgehead atoms. The molecule has 0 unspecified atom stereocenters. The summed E-state index contributed by atoms with van der Waals surface area (Å²) in [6, 6.07) is 13.2. The average molecular weight is 241 g/mol. The van der Waals surface area contributed by atoms with Gasteiger partial charge in [0.05, 0.1) is 0 Å². The van der Waals surface area contributed by atoms with Crippen molar-refractivity contribution in [3.63, 3.8) is 0 Å². The molecule has 0 atom stereocenters. The molecule has 0 radical (unpaired) electrons. The van der Waals surface area contributed by atoms with Gasteiger partial charge in [0.2, 0.25) is 0 Å². The Hall–Kier alpha value is -1.50. The molecule has 2 aromatic rings. The quantitative estimate of drug-likeness (QED) is 0.743. The van der Waals surface area contributed by atoms with Crippen LogP contribution in [0.15, 0.2) is 36.4 Å². The Balaban J connectivity index is 2.79. The van der Waals surface area contributed by atoms with E-state index in [0.717, 1.165) is 6.54 Å². The molecule has 2 rings (SSSR count). The molecule has 0 aromatic heterocycles. The monoisotopic (exact) mass is 241 g/mol. The first-order valence-corrected chi connectivity index (χ1v) is 6.68. The Morgan fingerprint density at radius 3 is 2.28 bits per heavy atom. The highest BCUT2D eigenvalue weighted by molar-refractivity contribution is 5.96. The van der Waals surface area contributed by atoms with Crippen LogP contribution in [0.2, 0.25) is 0 Å². The minimum atomic E-state index is 0.169. The summed E-state index contributed by atoms with van der Waals surface area (Å²) in [5.41, 5.74) is 2.97. The lowest BCUT2D eigenvalue weighted by Crippen LogP contribution is -2.22. The maximum absolute atomic E-state index is 2.35. The summed E-state index contributed by atoms with van der Waals surface area (Å²) in [4.78, 5) is 2.35. The van der Waals surface area contributed by atoms with Crippen molar-refractivity contribution in [1.82, 2.24) is 0 Å². The zero-order valence-electron chi connectivity index (χ0n) is 12.1. The molecule has 0 spiro atoms. The van der Waals surface area contributed by atoms with Crippen molar-refractivity contribution >= 4 is 16.5 Å². The van der Waals surface area contributed by atoms with Gasteiger partial charge in [0, 0.05) is 24.7 Å². The first-order valence-electron chi connectivity index (χ1n) is 6.68. The summed E-state index contributed by atoms with van der Waals surface area (Å²) < 4.78 is 0. The molecule has 0 fully saturated rings. The molecule has 0 aliphatic carbocycles. The van der Waals surface area contributed by atoms with Crippen LogP contribution in [0.1, 0.15) is 33.3 Å². The second-order valence-electron chi connectivity index (χ2n) is 5.95. The summed E-state index contributed by atoms with van der Waals surface area (Å²) in [6.07, 6.45) is 0. The van der Waals surface area contributed by atoms with E-state index in [1.807, 2.05) is 0 Å². The first-order chi connectivity index (χ1) is 8.45. The van der Waals surface area contributed by atoms with E-state index in [-0.39, 0.29) is 5.41 Å². The number of benzene rings is 2. The zero-order chi connectivity index (χ0) is 13.3. The Morgan fingerprint density at radius 2 is 1.67 bits per heavy atom. The molecule has 2 aromatic carbocycles. The lowest BCUT2D eigenvalue weighted by Gasteiger charge is -2.29. The Kier molecular flexibility index (Phi) is 3.34. The maximum Gasteiger partial charge on any atom is 0.0481 e. The van der Waals surface area contributed by atoms with Crippen molar-refractivity contribution in [1.29, 1.82) is 0 Å². The molecule has 1 nitrogen and oxygen atoms in total. The van der Waals surface area contributed by atoms with E-state index >= 15 is 0 Å². The van der Waals surface area contributed by atoms with Crippen LogP contribution in [0.5, 0.6) is 0 Å². The average Bonchev–Trinajstić information content (AvgIpc) is 2.35. The predicted molar refractivity (Wildman–Crippen MR) is 81.6 cm³/mol. The standard InChI is InChI=1S/C17H23N/c1-6-18(5)16-14-10-8-7-9-13(14)11-12-15(16)17(2,3)4/h7-12H,6H2,1-5H3. The van der Waals surface area contributed by atoms with Gasteiger partial charge in [-0.05, 0) is 23.3 Å². The van der Waals surface area contributed by atoms with Crippen LogP contribution >= 0.6 is 0 Å². The van der Waals surface area contributed by atoms with E-state index in [4.69, 9.17) is 0 Å². The SMILES string of the molecule is CCN(C)c1c(C(C)(C)C)ccc2ccccc12. The van der Waals surface area contributed by atoms with E-state index in [1.54, 1.807) is 0 Å². The highest BCUT2D eigenvalue weighted by Crippen LogP contribution is 2.37. The van der Waals surface area contributed by atoms with Gasteiger partial charge in [-0.2, -0.15) is 0 Å². The molecule has 18 heavy (non-hydrogen) atoms. The van der Waals surface area contributed by atoms with Crippen LogP contribution in [0.3, 0.4) is 0 Å². The van der Waals surface area contributed by atoms with Crippen LogP contribution in [0.25, 0.3) is 10.8 Å². The molecule has 0 aliphatic rings. The van der Waals surface area contributed by atoms with E-state index < -0.39 is 0 Å². The van der Waals surface area contributed by atoms with Crippen molar-refractivity contribution in [2.75, 3.05) is 18.5 Å². The Bertz CT molecular complexity index is 549. The smallest absolute Gasteiger partial charge is 0.0481 e. The van der Waals surface area contributed by atoms with Crippen molar-refractivity contribution in [3.8, 4) is 0 Å². The van der Waals surface area contributed by atoms with Crippen LogP contribution in [0.4, 0.5) is 5.69 Å². The molecule has 0 heterocycles. The molecule has 0 amide bonds. The highest BCUT2D eigenvalue weighted by Gasteiger charge is 2.21. The zero-order valence-corrected chi connectivity index (χ0v) is 12.1. The predicted octanol–water partition coefficient (Wildman–Crippen LogP) is 4.59. The second kappa shape index (κ2) is 4.64. The minimum Gasteiger partial charge on any atom is -0.374 e. The van der Waals surface area contributed by atoms with Gasteiger partial charge in [0.15, 0.2) is 0 Å². The fourth-order valence-electron chi connectivity index (χ4n) is 2.43. The molecule has 96 valence electrons. The van der Waals surface area contributed by atoms with Gasteiger partial charge in [0.25, 0.3) is 0 Å². The Labute approximate surface area is 110 Å². The number of nitrogens with zero attached hydrogens (tertiary/aromatic N) is 1. The molecular formula is C17H23N. The van der Waals surface area contributed by atoms with E-state index in [1.165, 1.54) is 22.0 Å². The van der Waals surface area contributed by atoms with Gasteiger partial charge < -0.3 is 4.90 Å². The number of rotatable bonds is 2. The van der Waals surface area contributed by atoms with Crippen LogP contribution in [-0.4, -0.2) is 13.6 Å². The van der Waals surface area contributed by atoms with E-state index in [2.05, 4.69) is 76.0 Å². The second-order valence-corrected chi connectivity index (χ2v) is 5.95. The molecular weight excluding hydrogens is 218 g/mol. The number of fused-ring (bicyclic) bond motifs is 1. The third-order valence-electron chi connectivity index (χ3n) is 3.56. The van der Waals surface area contributed by atoms with Crippen molar-refractivity contribution in [3.05, 3.63) is 42.0 Å². The summed E-state index contributed by atoms with van der Waals surface area (Å²) in [5, 5.41) is 2.68. The highest BCUT2D eigenvalue weighted by atomic mass is 15.1. The summed E-state index contributed by atoms with van der Waals surface area (Å²) >= 11 is 0. The first kappa shape index (κ1) is 12.9. The van der Waals surface area contributed by atoms with E-state index in [0.29, 0.717) is 0 Å². The van der Waals surface area contributed by atoms with Crippen molar-refractivity contribution in [2.24, 2.45) is 0 Å². The third kappa shape index (κ3) is 2.22. The van der Waals surface area contributed by atoms with Crippen LogP contribution in [-0.2, 0) is 5.41 Å². The number of hydrogen-bond donors (Lipinski definition) is 0. The van der Waals surface area contributed by atoms with Crippen molar-refractivity contribution in [2.45, 2.75) is 33.1 Å². The van der Waals surface area contributed by atoms with E-state index in [9.17, 15) is 0 Å². The third-order valence-corrected chi connectivity index (χ3v) is 3.56. The largest absolute Gasteiger partial charge is 0.374 e. The molecule has 0 saturated carbocycles. The number of anilines is 1. The topological polar surface area (TPSA) is 3.24 Å². The molecule has 1 heteroatoms. The normalized spacial score (nSPS) is 11.8. The van der Waals surface area contributed by atoms with Crippen LogP contribution < -0.4 is 4.90 Å². The maximum atomic E-state index is 2.35. The Morgan fingerprint density at radius 1 is 1.00 bits per heavy atom. The summed E-state index contributed by atoms with van der Waals surface area (Å²) in [5.74, 6) is 0. The van der Waals surface area contributed by atoms with Gasteiger partial charge in [-0.15, -0.1) is 0 Å². The minimum absolute atomic E-state index is 0.169. The fraction of sp³-hybridized carbons (Fsp3) is 0.412. The van der Waals surface area contributed by atoms with Gasteiger partial charge in [0.1, 0.15) is 0 Å². The summed E-state index contributed by atoms with van der Waals surface area (Å²) in [7, 11) is 2.18. The van der Waals surface area contributed by atoms with Crippen molar-refractivity contribution < 1.29 is 0 Å². The summed E-state index contributed by atoms with van der Waals surface area (Å²) in [6.45, 7) is 10.1. The molecule has 0 aliphatic heterocycles. The van der Waals surface area contributed by atoms with Gasteiger partial charge in [-0.1, -0.05) is 57.2 Å². The number of hydrogen-bond acceptors (Lipinski definition) is 1. The van der Waals surface area contributed by atoms with Gasteiger partial charge in [-0.3, -0.25) is 0 Å². The molecule has 0 saturated heterocycles. The van der Waals surface area contributed by atoms with Gasteiger partial charge >= 0.3 is 0 Å². The molecule has 0 N–H and O–H groups in total. The lowest BCUT2D eigenvalue weighted by atomic mass is 9.84. The van der Waals surface area contributed by atoms with Crippen LogP contribution in [0, 0.1) is 0 Å². The lowest BCUT2D eigenvalue weighted by molar-refractivity contribution is 0.590. The van der Waals surface area contributed by atoms with Gasteiger partial charge in [-0.25, -0.2) is 0 Å².